The molecule has 0 aliphatic carbocycles. The first-order chi connectivity index (χ1) is 12.1. The summed E-state index contributed by atoms with van der Waals surface area (Å²) in [5.74, 6) is -1.26. The summed E-state index contributed by atoms with van der Waals surface area (Å²) >= 11 is 0. The number of aromatic nitrogens is 1. The van der Waals surface area contributed by atoms with Crippen molar-refractivity contribution < 1.29 is 18.8 Å². The number of carbonyl (C=O) groups is 3. The van der Waals surface area contributed by atoms with E-state index in [1.165, 1.54) is 18.4 Å². The van der Waals surface area contributed by atoms with Gasteiger partial charge in [0.2, 0.25) is 0 Å². The molecule has 0 fully saturated rings. The van der Waals surface area contributed by atoms with Crippen molar-refractivity contribution in [2.45, 2.75) is 0 Å². The molecular formula is C17H14N4O4. The van der Waals surface area contributed by atoms with E-state index in [1.807, 2.05) is 0 Å². The fourth-order valence-electron chi connectivity index (χ4n) is 2.06. The monoisotopic (exact) mass is 338 g/mol. The molecule has 1 aromatic carbocycles. The molecule has 0 unspecified atom stereocenters. The van der Waals surface area contributed by atoms with Gasteiger partial charge in [-0.15, -0.1) is 0 Å². The third kappa shape index (κ3) is 3.94. The second kappa shape index (κ2) is 7.18. The molecule has 126 valence electrons. The van der Waals surface area contributed by atoms with Crippen molar-refractivity contribution in [3.63, 3.8) is 0 Å². The Hall–Kier alpha value is -3.81. The van der Waals surface area contributed by atoms with E-state index < -0.39 is 17.7 Å². The maximum Gasteiger partial charge on any atom is 0.291 e. The molecule has 3 aromatic rings. The lowest BCUT2D eigenvalue weighted by atomic mass is 10.2. The molecule has 3 rings (SSSR count). The Labute approximate surface area is 142 Å². The molecule has 0 bridgehead atoms. The molecule has 25 heavy (non-hydrogen) atoms. The molecule has 0 aliphatic rings. The SMILES string of the molecule is O=C(NNC(=O)c1ccc[nH]1)c1cccc(NC(=O)c2ccco2)c1. The lowest BCUT2D eigenvalue weighted by Gasteiger charge is -2.08. The zero-order valence-electron chi connectivity index (χ0n) is 12.9. The summed E-state index contributed by atoms with van der Waals surface area (Å²) in [6, 6.07) is 12.7. The number of rotatable bonds is 4. The standard InChI is InChI=1S/C17H14N4O4/c22-15(20-21-16(23)13-6-2-8-18-13)11-4-1-5-12(10-11)19-17(24)14-7-3-9-25-14/h1-10,18H,(H,19,24)(H,20,22)(H,21,23). The Morgan fingerprint density at radius 1 is 0.880 bits per heavy atom. The van der Waals surface area contributed by atoms with E-state index in [0.717, 1.165) is 0 Å². The Morgan fingerprint density at radius 2 is 1.72 bits per heavy atom. The maximum atomic E-state index is 12.1. The van der Waals surface area contributed by atoms with Crippen molar-refractivity contribution in [1.82, 2.24) is 15.8 Å². The largest absolute Gasteiger partial charge is 0.459 e. The summed E-state index contributed by atoms with van der Waals surface area (Å²) in [5, 5.41) is 2.62. The predicted molar refractivity (Wildman–Crippen MR) is 88.8 cm³/mol. The third-order valence-corrected chi connectivity index (χ3v) is 3.26. The molecule has 0 saturated carbocycles. The van der Waals surface area contributed by atoms with Gasteiger partial charge in [0.05, 0.1) is 6.26 Å². The van der Waals surface area contributed by atoms with Gasteiger partial charge < -0.3 is 14.7 Å². The molecule has 2 heterocycles. The van der Waals surface area contributed by atoms with Crippen LogP contribution in [0.5, 0.6) is 0 Å². The first-order valence-electron chi connectivity index (χ1n) is 7.32. The highest BCUT2D eigenvalue weighted by atomic mass is 16.3. The molecule has 8 nitrogen and oxygen atoms in total. The van der Waals surface area contributed by atoms with Crippen LogP contribution in [0.25, 0.3) is 0 Å². The zero-order chi connectivity index (χ0) is 17.6. The third-order valence-electron chi connectivity index (χ3n) is 3.26. The number of nitrogens with one attached hydrogen (secondary N) is 4. The van der Waals surface area contributed by atoms with E-state index in [0.29, 0.717) is 11.4 Å². The van der Waals surface area contributed by atoms with Crippen LogP contribution in [0.4, 0.5) is 5.69 Å². The zero-order valence-corrected chi connectivity index (χ0v) is 12.9. The van der Waals surface area contributed by atoms with Crippen molar-refractivity contribution in [3.05, 3.63) is 78.0 Å². The number of hydrogen-bond donors (Lipinski definition) is 4. The second-order valence-corrected chi connectivity index (χ2v) is 5.00. The number of hydrogen-bond acceptors (Lipinski definition) is 4. The minimum absolute atomic E-state index is 0.160. The summed E-state index contributed by atoms with van der Waals surface area (Å²) < 4.78 is 5.00. The molecular weight excluding hydrogens is 324 g/mol. The lowest BCUT2D eigenvalue weighted by molar-refractivity contribution is 0.0844. The quantitative estimate of drug-likeness (QED) is 0.544. The van der Waals surface area contributed by atoms with Crippen LogP contribution < -0.4 is 16.2 Å². The van der Waals surface area contributed by atoms with E-state index in [1.54, 1.807) is 42.6 Å². The number of carbonyl (C=O) groups excluding carboxylic acids is 3. The molecule has 4 N–H and O–H groups in total. The van der Waals surface area contributed by atoms with Crippen molar-refractivity contribution in [2.24, 2.45) is 0 Å². The second-order valence-electron chi connectivity index (χ2n) is 5.00. The number of aromatic amines is 1. The Bertz CT molecular complexity index is 885. The van der Waals surface area contributed by atoms with Crippen LogP contribution in [0, 0.1) is 0 Å². The predicted octanol–water partition coefficient (Wildman–Crippen LogP) is 1.93. The van der Waals surface area contributed by atoms with Crippen LogP contribution in [-0.4, -0.2) is 22.7 Å². The minimum atomic E-state index is -0.519. The highest BCUT2D eigenvalue weighted by Gasteiger charge is 2.12. The van der Waals surface area contributed by atoms with Crippen molar-refractivity contribution in [3.8, 4) is 0 Å². The molecule has 0 saturated heterocycles. The van der Waals surface area contributed by atoms with Crippen LogP contribution in [0.2, 0.25) is 0 Å². The van der Waals surface area contributed by atoms with Crippen molar-refractivity contribution >= 4 is 23.4 Å². The molecule has 0 radical (unpaired) electrons. The van der Waals surface area contributed by atoms with Gasteiger partial charge in [0.1, 0.15) is 5.69 Å². The van der Waals surface area contributed by atoms with Crippen LogP contribution in [0.15, 0.2) is 65.4 Å². The average Bonchev–Trinajstić information content (AvgIpc) is 3.33. The van der Waals surface area contributed by atoms with Crippen LogP contribution in [0.3, 0.4) is 0 Å². The fourth-order valence-corrected chi connectivity index (χ4v) is 2.06. The Kier molecular flexibility index (Phi) is 4.61. The average molecular weight is 338 g/mol. The minimum Gasteiger partial charge on any atom is -0.459 e. The Morgan fingerprint density at radius 3 is 2.44 bits per heavy atom. The van der Waals surface area contributed by atoms with Gasteiger partial charge in [-0.2, -0.15) is 0 Å². The molecule has 8 heteroatoms. The van der Waals surface area contributed by atoms with E-state index in [-0.39, 0.29) is 11.3 Å². The van der Waals surface area contributed by atoms with E-state index in [2.05, 4.69) is 21.2 Å². The van der Waals surface area contributed by atoms with Gasteiger partial charge in [-0.3, -0.25) is 25.2 Å². The first kappa shape index (κ1) is 16.1. The topological polar surface area (TPSA) is 116 Å². The van der Waals surface area contributed by atoms with Gasteiger partial charge in [-0.05, 0) is 42.5 Å². The van der Waals surface area contributed by atoms with Gasteiger partial charge in [-0.1, -0.05) is 6.07 Å². The summed E-state index contributed by atoms with van der Waals surface area (Å²) in [6.07, 6.45) is 2.99. The molecule has 0 atom stereocenters. The number of benzene rings is 1. The number of furan rings is 1. The number of amides is 3. The molecule has 2 aromatic heterocycles. The van der Waals surface area contributed by atoms with E-state index >= 15 is 0 Å². The summed E-state index contributed by atoms with van der Waals surface area (Å²) in [7, 11) is 0. The maximum absolute atomic E-state index is 12.1. The number of anilines is 1. The van der Waals surface area contributed by atoms with Gasteiger partial charge in [0.25, 0.3) is 17.7 Å². The fraction of sp³-hybridized carbons (Fsp3) is 0. The van der Waals surface area contributed by atoms with Gasteiger partial charge in [-0.25, -0.2) is 0 Å². The van der Waals surface area contributed by atoms with Crippen LogP contribution in [0.1, 0.15) is 31.4 Å². The summed E-state index contributed by atoms with van der Waals surface area (Å²) in [5.41, 5.74) is 5.61. The normalized spacial score (nSPS) is 10.1. The first-order valence-corrected chi connectivity index (χ1v) is 7.32. The van der Waals surface area contributed by atoms with Gasteiger partial charge in [0.15, 0.2) is 5.76 Å². The molecule has 3 amide bonds. The number of H-pyrrole nitrogens is 1. The van der Waals surface area contributed by atoms with E-state index in [4.69, 9.17) is 4.42 Å². The summed E-state index contributed by atoms with van der Waals surface area (Å²) in [6.45, 7) is 0. The number of hydrazine groups is 1. The van der Waals surface area contributed by atoms with Crippen molar-refractivity contribution in [2.75, 3.05) is 5.32 Å². The highest BCUT2D eigenvalue weighted by molar-refractivity contribution is 6.03. The van der Waals surface area contributed by atoms with Gasteiger partial charge >= 0.3 is 0 Å². The van der Waals surface area contributed by atoms with Crippen LogP contribution in [-0.2, 0) is 0 Å². The smallest absolute Gasteiger partial charge is 0.291 e. The lowest BCUT2D eigenvalue weighted by Crippen LogP contribution is -2.41. The molecule has 0 aliphatic heterocycles. The highest BCUT2D eigenvalue weighted by Crippen LogP contribution is 2.12. The van der Waals surface area contributed by atoms with Gasteiger partial charge in [0, 0.05) is 17.4 Å². The van der Waals surface area contributed by atoms with E-state index in [9.17, 15) is 14.4 Å². The molecule has 0 spiro atoms. The van der Waals surface area contributed by atoms with Crippen molar-refractivity contribution in [1.29, 1.82) is 0 Å². The van der Waals surface area contributed by atoms with Crippen LogP contribution >= 0.6 is 0 Å². The Balaban J connectivity index is 1.61. The summed E-state index contributed by atoms with van der Waals surface area (Å²) in [4.78, 5) is 38.5.